The molecule has 0 bridgehead atoms. The first-order valence-electron chi connectivity index (χ1n) is 13.2. The topological polar surface area (TPSA) is 60.9 Å². The maximum absolute atomic E-state index is 12.9. The molecule has 5 rings (SSSR count). The van der Waals surface area contributed by atoms with Gasteiger partial charge >= 0.3 is 6.03 Å². The van der Waals surface area contributed by atoms with Crippen LogP contribution in [0.4, 0.5) is 9.93 Å². The second-order valence-corrected chi connectivity index (χ2v) is 11.3. The second-order valence-electron chi connectivity index (χ2n) is 10.5. The van der Waals surface area contributed by atoms with Crippen LogP contribution in [0, 0.1) is 5.92 Å². The van der Waals surface area contributed by atoms with Crippen molar-refractivity contribution >= 4 is 22.5 Å². The van der Waals surface area contributed by atoms with Gasteiger partial charge < -0.3 is 14.5 Å². The number of hydrogen-bond acceptors (Lipinski definition) is 6. The summed E-state index contributed by atoms with van der Waals surface area (Å²) in [5.41, 5.74) is 3.24. The van der Waals surface area contributed by atoms with E-state index in [-0.39, 0.29) is 6.03 Å². The minimum atomic E-state index is -0.0466. The molecule has 3 aliphatic rings. The maximum Gasteiger partial charge on any atom is 0.323 e. The Hall–Kier alpha value is -2.16. The van der Waals surface area contributed by atoms with E-state index in [0.29, 0.717) is 11.0 Å². The Labute approximate surface area is 213 Å². The molecular formula is C27H39N5O2S. The van der Waals surface area contributed by atoms with Gasteiger partial charge in [0.1, 0.15) is 5.75 Å². The van der Waals surface area contributed by atoms with Crippen molar-refractivity contribution in [3.63, 3.8) is 0 Å². The summed E-state index contributed by atoms with van der Waals surface area (Å²) in [4.78, 5) is 24.6. The van der Waals surface area contributed by atoms with E-state index >= 15 is 0 Å². The number of aromatic nitrogens is 1. The SMILES string of the molecule is COc1ccc(C2CCCC2)cc1-c1csc(NC(=O)N2CCN(C[C@@H]3CCCN(C)C3)CC2)n1. The number of nitrogens with one attached hydrogen (secondary N) is 1. The fourth-order valence-electron chi connectivity index (χ4n) is 5.99. The Balaban J connectivity index is 1.17. The van der Waals surface area contributed by atoms with Crippen LogP contribution in [0.15, 0.2) is 23.6 Å². The lowest BCUT2D eigenvalue weighted by atomic mass is 9.95. The zero-order valence-corrected chi connectivity index (χ0v) is 22.0. The second kappa shape index (κ2) is 11.3. The number of benzene rings is 1. The van der Waals surface area contributed by atoms with Crippen LogP contribution in [0.1, 0.15) is 50.0 Å². The average molecular weight is 498 g/mol. The maximum atomic E-state index is 12.9. The lowest BCUT2D eigenvalue weighted by Crippen LogP contribution is -2.51. The molecule has 190 valence electrons. The highest BCUT2D eigenvalue weighted by Gasteiger charge is 2.26. The average Bonchev–Trinajstić information content (AvgIpc) is 3.57. The molecule has 3 heterocycles. The molecule has 0 spiro atoms. The Morgan fingerprint density at radius 3 is 2.66 bits per heavy atom. The molecule has 0 radical (unpaired) electrons. The van der Waals surface area contributed by atoms with E-state index in [1.54, 1.807) is 7.11 Å². The highest BCUT2D eigenvalue weighted by molar-refractivity contribution is 7.14. The molecule has 1 aromatic carbocycles. The number of likely N-dealkylation sites (tertiary alicyclic amines) is 1. The van der Waals surface area contributed by atoms with Gasteiger partial charge in [-0.2, -0.15) is 0 Å². The van der Waals surface area contributed by atoms with Crippen molar-refractivity contribution in [1.82, 2.24) is 19.7 Å². The molecule has 2 aliphatic heterocycles. The molecule has 35 heavy (non-hydrogen) atoms. The monoisotopic (exact) mass is 497 g/mol. The van der Waals surface area contributed by atoms with E-state index in [4.69, 9.17) is 9.72 Å². The van der Waals surface area contributed by atoms with Gasteiger partial charge in [-0.25, -0.2) is 9.78 Å². The number of piperazine rings is 1. The molecule has 8 heteroatoms. The van der Waals surface area contributed by atoms with Gasteiger partial charge in [0.2, 0.25) is 0 Å². The van der Waals surface area contributed by atoms with Crippen molar-refractivity contribution in [3.05, 3.63) is 29.1 Å². The molecule has 3 fully saturated rings. The van der Waals surface area contributed by atoms with E-state index in [0.717, 1.165) is 55.6 Å². The highest BCUT2D eigenvalue weighted by Crippen LogP contribution is 2.39. The summed E-state index contributed by atoms with van der Waals surface area (Å²) in [7, 11) is 3.93. The van der Waals surface area contributed by atoms with Gasteiger partial charge in [0.15, 0.2) is 5.13 Å². The van der Waals surface area contributed by atoms with Gasteiger partial charge in [-0.05, 0) is 68.8 Å². The van der Waals surface area contributed by atoms with Crippen molar-refractivity contribution in [1.29, 1.82) is 0 Å². The van der Waals surface area contributed by atoms with Gasteiger partial charge in [0.25, 0.3) is 0 Å². The van der Waals surface area contributed by atoms with Crippen molar-refractivity contribution in [2.75, 3.05) is 65.3 Å². The van der Waals surface area contributed by atoms with Gasteiger partial charge in [0, 0.05) is 50.2 Å². The summed E-state index contributed by atoms with van der Waals surface area (Å²) in [5, 5.41) is 5.70. The number of methoxy groups -OCH3 is 1. The van der Waals surface area contributed by atoms with Gasteiger partial charge in [-0.3, -0.25) is 10.2 Å². The van der Waals surface area contributed by atoms with E-state index < -0.39 is 0 Å². The Bertz CT molecular complexity index is 997. The first-order valence-corrected chi connectivity index (χ1v) is 14.1. The van der Waals surface area contributed by atoms with E-state index in [1.807, 2.05) is 10.3 Å². The molecule has 0 unspecified atom stereocenters. The van der Waals surface area contributed by atoms with Crippen LogP contribution < -0.4 is 10.1 Å². The molecule has 1 N–H and O–H groups in total. The molecule has 2 saturated heterocycles. The molecule has 2 aromatic rings. The Kier molecular flexibility index (Phi) is 7.90. The Morgan fingerprint density at radius 2 is 1.91 bits per heavy atom. The van der Waals surface area contributed by atoms with Crippen LogP contribution in [0.2, 0.25) is 0 Å². The van der Waals surface area contributed by atoms with Crippen LogP contribution >= 0.6 is 11.3 Å². The number of ether oxygens (including phenoxy) is 1. The number of urea groups is 1. The number of thiazole rings is 1. The third kappa shape index (κ3) is 5.98. The van der Waals surface area contributed by atoms with Crippen molar-refractivity contribution < 1.29 is 9.53 Å². The number of carbonyl (C=O) groups excluding carboxylic acids is 1. The summed E-state index contributed by atoms with van der Waals surface area (Å²) in [6.07, 6.45) is 7.77. The molecule has 1 aliphatic carbocycles. The summed E-state index contributed by atoms with van der Waals surface area (Å²) >= 11 is 1.48. The molecule has 1 saturated carbocycles. The fraction of sp³-hybridized carbons (Fsp3) is 0.630. The van der Waals surface area contributed by atoms with E-state index in [1.165, 1.54) is 68.5 Å². The van der Waals surface area contributed by atoms with Crippen LogP contribution in [0.5, 0.6) is 5.75 Å². The number of hydrogen-bond donors (Lipinski definition) is 1. The summed E-state index contributed by atoms with van der Waals surface area (Å²) in [5.74, 6) is 2.22. The van der Waals surface area contributed by atoms with Crippen molar-refractivity contribution in [3.8, 4) is 17.0 Å². The summed E-state index contributed by atoms with van der Waals surface area (Å²) in [6, 6.07) is 6.44. The number of amides is 2. The van der Waals surface area contributed by atoms with E-state index in [2.05, 4.69) is 40.4 Å². The number of carbonyl (C=O) groups is 1. The highest BCUT2D eigenvalue weighted by atomic mass is 32.1. The van der Waals surface area contributed by atoms with Crippen molar-refractivity contribution in [2.45, 2.75) is 44.4 Å². The van der Waals surface area contributed by atoms with Crippen LogP contribution in [0.3, 0.4) is 0 Å². The minimum absolute atomic E-state index is 0.0466. The van der Waals surface area contributed by atoms with Gasteiger partial charge in [0.05, 0.1) is 12.8 Å². The van der Waals surface area contributed by atoms with E-state index in [9.17, 15) is 4.79 Å². The summed E-state index contributed by atoms with van der Waals surface area (Å²) in [6.45, 7) is 7.00. The largest absolute Gasteiger partial charge is 0.496 e. The lowest BCUT2D eigenvalue weighted by Gasteiger charge is -2.38. The molecule has 2 amide bonds. The summed E-state index contributed by atoms with van der Waals surface area (Å²) < 4.78 is 5.63. The smallest absolute Gasteiger partial charge is 0.323 e. The molecule has 1 aromatic heterocycles. The molecule has 7 nitrogen and oxygen atoms in total. The lowest BCUT2D eigenvalue weighted by molar-refractivity contribution is 0.109. The number of piperidine rings is 1. The van der Waals surface area contributed by atoms with Gasteiger partial charge in [-0.1, -0.05) is 18.9 Å². The molecule has 1 atom stereocenters. The predicted molar refractivity (Wildman–Crippen MR) is 143 cm³/mol. The first kappa shape index (κ1) is 24.5. The number of nitrogens with zero attached hydrogens (tertiary/aromatic N) is 4. The van der Waals surface area contributed by atoms with Crippen molar-refractivity contribution in [2.24, 2.45) is 5.92 Å². The number of rotatable bonds is 6. The van der Waals surface area contributed by atoms with Crippen LogP contribution in [-0.2, 0) is 0 Å². The standard InChI is InChI=1S/C27H39N5O2S/c1-30-11-5-6-20(17-30)18-31-12-14-32(15-13-31)27(33)29-26-28-24(19-35-26)23-16-22(9-10-25(23)34-2)21-7-3-4-8-21/h9-10,16,19-21H,3-8,11-15,17-18H2,1-2H3,(H,28,29,33)/t20-/m1/s1. The number of anilines is 1. The zero-order chi connectivity index (χ0) is 24.2. The fourth-order valence-corrected chi connectivity index (χ4v) is 6.69. The third-order valence-corrected chi connectivity index (χ3v) is 8.70. The third-order valence-electron chi connectivity index (χ3n) is 7.94. The van der Waals surface area contributed by atoms with Crippen LogP contribution in [0.25, 0.3) is 11.3 Å². The quantitative estimate of drug-likeness (QED) is 0.611. The predicted octanol–water partition coefficient (Wildman–Crippen LogP) is 4.97. The van der Waals surface area contributed by atoms with Crippen LogP contribution in [-0.4, -0.2) is 85.7 Å². The van der Waals surface area contributed by atoms with Gasteiger partial charge in [-0.15, -0.1) is 11.3 Å². The molecular weight excluding hydrogens is 458 g/mol. The minimum Gasteiger partial charge on any atom is -0.496 e. The first-order chi connectivity index (χ1) is 17.1. The normalized spacial score (nSPS) is 22.5. The Morgan fingerprint density at radius 1 is 1.11 bits per heavy atom. The zero-order valence-electron chi connectivity index (χ0n) is 21.2.